The largest absolute Gasteiger partial charge is 0.361 e. The Kier molecular flexibility index (Phi) is 4.13. The Balaban J connectivity index is 1.38. The monoisotopic (exact) mass is 405 g/mol. The lowest BCUT2D eigenvalue weighted by molar-refractivity contribution is 0.665. The van der Waals surface area contributed by atoms with Crippen LogP contribution < -0.4 is 5.32 Å². The number of nitrogens with zero attached hydrogens (tertiary/aromatic N) is 3. The lowest BCUT2D eigenvalue weighted by Crippen LogP contribution is -2.09. The third-order valence-electron chi connectivity index (χ3n) is 6.17. The molecule has 0 amide bonds. The molecule has 1 fully saturated rings. The number of rotatable bonds is 4. The summed E-state index contributed by atoms with van der Waals surface area (Å²) < 4.78 is 1.83. The Morgan fingerprint density at radius 1 is 0.935 bits per heavy atom. The zero-order valence-electron chi connectivity index (χ0n) is 17.4. The number of fused-ring (bicyclic) bond motifs is 2. The topological polar surface area (TPSA) is 58.5 Å². The molecule has 6 rings (SSSR count). The predicted molar refractivity (Wildman–Crippen MR) is 127 cm³/mol. The summed E-state index contributed by atoms with van der Waals surface area (Å²) in [6, 6.07) is 17.3. The van der Waals surface area contributed by atoms with Gasteiger partial charge in [-0.25, -0.2) is 4.98 Å². The van der Waals surface area contributed by atoms with Crippen LogP contribution in [0.25, 0.3) is 38.5 Å². The van der Waals surface area contributed by atoms with Gasteiger partial charge in [-0.2, -0.15) is 5.10 Å². The smallest absolute Gasteiger partial charge is 0.130 e. The highest BCUT2D eigenvalue weighted by Gasteiger charge is 2.17. The highest BCUT2D eigenvalue weighted by atomic mass is 15.2. The van der Waals surface area contributed by atoms with E-state index >= 15 is 0 Å². The molecule has 0 unspecified atom stereocenters. The first kappa shape index (κ1) is 18.0. The van der Waals surface area contributed by atoms with Crippen molar-refractivity contribution in [3.8, 4) is 11.1 Å². The van der Waals surface area contributed by atoms with Crippen molar-refractivity contribution in [2.24, 2.45) is 7.05 Å². The van der Waals surface area contributed by atoms with Crippen LogP contribution in [0.2, 0.25) is 0 Å². The molecule has 2 aromatic carbocycles. The van der Waals surface area contributed by atoms with E-state index < -0.39 is 0 Å². The Labute approximate surface area is 180 Å². The molecular weight excluding hydrogens is 382 g/mol. The first-order valence-corrected chi connectivity index (χ1v) is 10.7. The number of hydrogen-bond donors (Lipinski definition) is 2. The molecule has 1 saturated carbocycles. The van der Waals surface area contributed by atoms with Gasteiger partial charge in [0, 0.05) is 53.4 Å². The van der Waals surface area contributed by atoms with Gasteiger partial charge >= 0.3 is 0 Å². The summed E-state index contributed by atoms with van der Waals surface area (Å²) in [4.78, 5) is 8.03. The van der Waals surface area contributed by atoms with E-state index in [1.165, 1.54) is 28.6 Å². The fraction of sp³-hybridized carbons (Fsp3) is 0.154. The Bertz CT molecular complexity index is 1450. The van der Waals surface area contributed by atoms with Gasteiger partial charge in [0.25, 0.3) is 0 Å². The molecule has 5 heteroatoms. The molecule has 0 aliphatic heterocycles. The number of nitrogens with one attached hydrogen (secondary N) is 2. The minimum atomic E-state index is 0.872. The van der Waals surface area contributed by atoms with Crippen LogP contribution in [0, 0.1) is 0 Å². The molecule has 31 heavy (non-hydrogen) atoms. The van der Waals surface area contributed by atoms with E-state index in [-0.39, 0.29) is 0 Å². The number of aromatic nitrogens is 4. The lowest BCUT2D eigenvalue weighted by atomic mass is 9.88. The van der Waals surface area contributed by atoms with Crippen LogP contribution >= 0.6 is 0 Å². The maximum absolute atomic E-state index is 4.70. The van der Waals surface area contributed by atoms with Gasteiger partial charge in [0.15, 0.2) is 0 Å². The molecule has 1 aliphatic rings. The van der Waals surface area contributed by atoms with Crippen LogP contribution in [0.3, 0.4) is 0 Å². The second-order valence-electron chi connectivity index (χ2n) is 8.27. The highest BCUT2D eigenvalue weighted by Crippen LogP contribution is 2.35. The van der Waals surface area contributed by atoms with Crippen molar-refractivity contribution < 1.29 is 0 Å². The SMILES string of the molecule is Cn1cc(-c2ccc3cnc(NC(=C4CCC4)c4ccc5cc[nH]c5c4)cc3c2)cn1. The number of aryl methyl sites for hydroxylation is 1. The van der Waals surface area contributed by atoms with Crippen molar-refractivity contribution in [2.75, 3.05) is 5.32 Å². The van der Waals surface area contributed by atoms with E-state index in [9.17, 15) is 0 Å². The number of allylic oxidation sites excluding steroid dienone is 1. The van der Waals surface area contributed by atoms with Gasteiger partial charge in [0.1, 0.15) is 5.82 Å². The summed E-state index contributed by atoms with van der Waals surface area (Å²) in [6.07, 6.45) is 11.4. The summed E-state index contributed by atoms with van der Waals surface area (Å²) in [5, 5.41) is 11.5. The van der Waals surface area contributed by atoms with Crippen LogP contribution in [0.1, 0.15) is 24.8 Å². The molecule has 5 aromatic rings. The first-order valence-electron chi connectivity index (χ1n) is 10.7. The second-order valence-corrected chi connectivity index (χ2v) is 8.27. The van der Waals surface area contributed by atoms with Crippen LogP contribution in [-0.4, -0.2) is 19.7 Å². The maximum atomic E-state index is 4.70. The molecule has 1 aliphatic carbocycles. The fourth-order valence-electron chi connectivity index (χ4n) is 4.26. The van der Waals surface area contributed by atoms with Crippen LogP contribution in [-0.2, 0) is 7.05 Å². The number of hydrogen-bond acceptors (Lipinski definition) is 3. The number of H-pyrrole nitrogens is 1. The van der Waals surface area contributed by atoms with Gasteiger partial charge in [-0.1, -0.05) is 24.3 Å². The average molecular weight is 406 g/mol. The normalized spacial score (nSPS) is 13.5. The zero-order chi connectivity index (χ0) is 20.8. The molecule has 2 N–H and O–H groups in total. The van der Waals surface area contributed by atoms with Gasteiger partial charge in [-0.3, -0.25) is 4.68 Å². The van der Waals surface area contributed by atoms with Gasteiger partial charge in [0.2, 0.25) is 0 Å². The molecule has 0 spiro atoms. The first-order chi connectivity index (χ1) is 15.2. The molecule has 3 heterocycles. The van der Waals surface area contributed by atoms with Crippen molar-refractivity contribution >= 4 is 33.2 Å². The summed E-state index contributed by atoms with van der Waals surface area (Å²) in [5.41, 5.74) is 7.30. The molecule has 3 aromatic heterocycles. The zero-order valence-corrected chi connectivity index (χ0v) is 17.4. The second kappa shape index (κ2) is 7.13. The lowest BCUT2D eigenvalue weighted by Gasteiger charge is -2.23. The van der Waals surface area contributed by atoms with Crippen molar-refractivity contribution in [3.63, 3.8) is 0 Å². The fourth-order valence-corrected chi connectivity index (χ4v) is 4.26. The van der Waals surface area contributed by atoms with E-state index in [1.54, 1.807) is 0 Å². The molecule has 0 atom stereocenters. The molecule has 0 radical (unpaired) electrons. The summed E-state index contributed by atoms with van der Waals surface area (Å²) in [6.45, 7) is 0. The third-order valence-corrected chi connectivity index (χ3v) is 6.17. The Morgan fingerprint density at radius 2 is 1.84 bits per heavy atom. The van der Waals surface area contributed by atoms with Crippen molar-refractivity contribution in [1.29, 1.82) is 0 Å². The average Bonchev–Trinajstić information content (AvgIpc) is 3.39. The van der Waals surface area contributed by atoms with Gasteiger partial charge in [-0.15, -0.1) is 0 Å². The van der Waals surface area contributed by atoms with Crippen LogP contribution in [0.15, 0.2) is 78.9 Å². The van der Waals surface area contributed by atoms with Crippen LogP contribution in [0.5, 0.6) is 0 Å². The number of aromatic amines is 1. The molecular formula is C26H23N5. The molecule has 5 nitrogen and oxygen atoms in total. The summed E-state index contributed by atoms with van der Waals surface area (Å²) >= 11 is 0. The van der Waals surface area contributed by atoms with Gasteiger partial charge in [-0.05, 0) is 65.4 Å². The summed E-state index contributed by atoms with van der Waals surface area (Å²) in [5.74, 6) is 0.872. The Hall–Kier alpha value is -3.86. The van der Waals surface area contributed by atoms with E-state index in [0.29, 0.717) is 0 Å². The van der Waals surface area contributed by atoms with Crippen molar-refractivity contribution in [1.82, 2.24) is 19.7 Å². The standard InChI is InChI=1S/C26H23N5/c1-31-16-23(15-29-31)19-6-8-21-14-28-25(13-22(21)11-19)30-26(18-3-2-4-18)20-7-5-17-9-10-27-24(17)12-20/h5-16,27H,2-4H2,1H3,(H,28,30). The van der Waals surface area contributed by atoms with E-state index in [2.05, 4.69) is 63.9 Å². The van der Waals surface area contributed by atoms with Gasteiger partial charge in [0.05, 0.1) is 6.20 Å². The van der Waals surface area contributed by atoms with Gasteiger partial charge < -0.3 is 10.3 Å². The number of anilines is 1. The van der Waals surface area contributed by atoms with Crippen molar-refractivity contribution in [3.05, 3.63) is 84.5 Å². The number of pyridine rings is 1. The predicted octanol–water partition coefficient (Wildman–Crippen LogP) is 6.12. The highest BCUT2D eigenvalue weighted by molar-refractivity contribution is 5.91. The minimum Gasteiger partial charge on any atom is -0.361 e. The van der Waals surface area contributed by atoms with E-state index in [1.807, 2.05) is 36.5 Å². The quantitative estimate of drug-likeness (QED) is 0.378. The van der Waals surface area contributed by atoms with Crippen molar-refractivity contribution in [2.45, 2.75) is 19.3 Å². The molecule has 0 bridgehead atoms. The number of benzene rings is 2. The van der Waals surface area contributed by atoms with E-state index in [0.717, 1.165) is 46.1 Å². The van der Waals surface area contributed by atoms with E-state index in [4.69, 9.17) is 4.98 Å². The molecule has 152 valence electrons. The minimum absolute atomic E-state index is 0.872. The van der Waals surface area contributed by atoms with Crippen LogP contribution in [0.4, 0.5) is 5.82 Å². The third kappa shape index (κ3) is 3.28. The summed E-state index contributed by atoms with van der Waals surface area (Å²) in [7, 11) is 1.94. The Morgan fingerprint density at radius 3 is 2.65 bits per heavy atom. The maximum Gasteiger partial charge on any atom is 0.130 e. The molecule has 0 saturated heterocycles.